The SMILES string of the molecule is FC(F)(F)c1ccc(SCC(CBr)c2ccccc2)nc1. The summed E-state index contributed by atoms with van der Waals surface area (Å²) >= 11 is 4.94. The maximum Gasteiger partial charge on any atom is 0.417 e. The third kappa shape index (κ3) is 4.74. The number of pyridine rings is 1. The third-order valence-corrected chi connectivity index (χ3v) is 4.84. The standard InChI is InChI=1S/C15H13BrF3NS/c16-8-12(11-4-2-1-3-5-11)10-21-14-7-6-13(9-20-14)15(17,18)19/h1-7,9,12H,8,10H2. The van der Waals surface area contributed by atoms with Crippen molar-refractivity contribution in [3.8, 4) is 0 Å². The molecule has 0 radical (unpaired) electrons. The highest BCUT2D eigenvalue weighted by Gasteiger charge is 2.30. The summed E-state index contributed by atoms with van der Waals surface area (Å²) in [6, 6.07) is 12.5. The van der Waals surface area contributed by atoms with Gasteiger partial charge in [-0.25, -0.2) is 4.98 Å². The van der Waals surface area contributed by atoms with E-state index in [2.05, 4.69) is 20.9 Å². The average molecular weight is 376 g/mol. The van der Waals surface area contributed by atoms with E-state index in [1.807, 2.05) is 30.3 Å². The second-order valence-corrected chi connectivity index (χ2v) is 6.14. The molecule has 0 saturated heterocycles. The zero-order valence-corrected chi connectivity index (χ0v) is 13.4. The van der Waals surface area contributed by atoms with Gasteiger partial charge in [0.05, 0.1) is 10.6 Å². The van der Waals surface area contributed by atoms with Gasteiger partial charge < -0.3 is 0 Å². The molecule has 0 amide bonds. The van der Waals surface area contributed by atoms with Gasteiger partial charge in [0.25, 0.3) is 0 Å². The van der Waals surface area contributed by atoms with Gasteiger partial charge in [-0.15, -0.1) is 11.8 Å². The van der Waals surface area contributed by atoms with Crippen LogP contribution in [-0.4, -0.2) is 16.1 Å². The minimum atomic E-state index is -4.33. The zero-order valence-electron chi connectivity index (χ0n) is 11.0. The van der Waals surface area contributed by atoms with Gasteiger partial charge in [-0.2, -0.15) is 13.2 Å². The highest BCUT2D eigenvalue weighted by molar-refractivity contribution is 9.09. The minimum Gasteiger partial charge on any atom is -0.249 e. The van der Waals surface area contributed by atoms with Gasteiger partial charge >= 0.3 is 6.18 Å². The second-order valence-electron chi connectivity index (χ2n) is 4.46. The van der Waals surface area contributed by atoms with Gasteiger partial charge in [0.1, 0.15) is 0 Å². The first kappa shape index (κ1) is 16.4. The predicted molar refractivity (Wildman–Crippen MR) is 82.9 cm³/mol. The Morgan fingerprint density at radius 2 is 1.81 bits per heavy atom. The monoisotopic (exact) mass is 375 g/mol. The lowest BCUT2D eigenvalue weighted by Crippen LogP contribution is -2.06. The number of hydrogen-bond donors (Lipinski definition) is 0. The van der Waals surface area contributed by atoms with Gasteiger partial charge in [0.2, 0.25) is 0 Å². The maximum absolute atomic E-state index is 12.5. The van der Waals surface area contributed by atoms with Gasteiger partial charge in [-0.05, 0) is 17.7 Å². The molecule has 0 saturated carbocycles. The normalized spacial score (nSPS) is 13.1. The molecule has 112 valence electrons. The van der Waals surface area contributed by atoms with Crippen LogP contribution >= 0.6 is 27.7 Å². The van der Waals surface area contributed by atoms with E-state index in [0.29, 0.717) is 10.9 Å². The molecule has 1 unspecified atom stereocenters. The highest BCUT2D eigenvalue weighted by Crippen LogP contribution is 2.31. The van der Waals surface area contributed by atoms with Gasteiger partial charge in [0, 0.05) is 23.2 Å². The Kier molecular flexibility index (Phi) is 5.70. The Labute approximate surface area is 134 Å². The van der Waals surface area contributed by atoms with E-state index in [4.69, 9.17) is 0 Å². The Bertz CT molecular complexity index is 557. The van der Waals surface area contributed by atoms with Crippen molar-refractivity contribution in [2.45, 2.75) is 17.1 Å². The first-order valence-corrected chi connectivity index (χ1v) is 8.38. The Hall–Kier alpha value is -1.01. The summed E-state index contributed by atoms with van der Waals surface area (Å²) in [4.78, 5) is 3.87. The van der Waals surface area contributed by atoms with E-state index in [0.717, 1.165) is 23.3 Å². The molecule has 1 heterocycles. The van der Waals surface area contributed by atoms with Crippen molar-refractivity contribution in [1.82, 2.24) is 4.98 Å². The van der Waals surface area contributed by atoms with Gasteiger partial charge in [0.15, 0.2) is 0 Å². The lowest BCUT2D eigenvalue weighted by Gasteiger charge is -2.14. The molecule has 1 aromatic carbocycles. The van der Waals surface area contributed by atoms with Crippen LogP contribution in [0.15, 0.2) is 53.7 Å². The number of alkyl halides is 4. The van der Waals surface area contributed by atoms with Gasteiger partial charge in [-0.3, -0.25) is 0 Å². The molecule has 0 aliphatic rings. The fraction of sp³-hybridized carbons (Fsp3) is 0.267. The first-order chi connectivity index (χ1) is 10.0. The quantitative estimate of drug-likeness (QED) is 0.514. The summed E-state index contributed by atoms with van der Waals surface area (Å²) in [5.41, 5.74) is 0.487. The zero-order chi connectivity index (χ0) is 15.3. The molecule has 0 aliphatic carbocycles. The van der Waals surface area contributed by atoms with E-state index in [9.17, 15) is 13.2 Å². The van der Waals surface area contributed by atoms with E-state index < -0.39 is 11.7 Å². The predicted octanol–water partition coefficient (Wildman–Crippen LogP) is 5.37. The fourth-order valence-corrected chi connectivity index (χ4v) is 3.65. The number of aromatic nitrogens is 1. The molecule has 1 aromatic heterocycles. The Morgan fingerprint density at radius 3 is 2.33 bits per heavy atom. The van der Waals surface area contributed by atoms with Crippen LogP contribution in [-0.2, 0) is 6.18 Å². The van der Waals surface area contributed by atoms with Crippen LogP contribution in [0.3, 0.4) is 0 Å². The lowest BCUT2D eigenvalue weighted by molar-refractivity contribution is -0.137. The van der Waals surface area contributed by atoms with Crippen LogP contribution < -0.4 is 0 Å². The summed E-state index contributed by atoms with van der Waals surface area (Å²) in [5.74, 6) is 1.05. The van der Waals surface area contributed by atoms with Crippen molar-refractivity contribution in [1.29, 1.82) is 0 Å². The Morgan fingerprint density at radius 1 is 1.10 bits per heavy atom. The van der Waals surface area contributed by atoms with Crippen molar-refractivity contribution in [2.24, 2.45) is 0 Å². The molecule has 6 heteroatoms. The smallest absolute Gasteiger partial charge is 0.249 e. The molecule has 2 aromatic rings. The number of halogens is 4. The van der Waals surface area contributed by atoms with Crippen molar-refractivity contribution in [3.63, 3.8) is 0 Å². The summed E-state index contributed by atoms with van der Waals surface area (Å²) < 4.78 is 37.4. The van der Waals surface area contributed by atoms with Crippen LogP contribution in [0, 0.1) is 0 Å². The maximum atomic E-state index is 12.5. The van der Waals surface area contributed by atoms with E-state index in [1.165, 1.54) is 23.4 Å². The summed E-state index contributed by atoms with van der Waals surface area (Å²) in [6.07, 6.45) is -3.45. The third-order valence-electron chi connectivity index (χ3n) is 2.95. The molecule has 0 aliphatic heterocycles. The van der Waals surface area contributed by atoms with Crippen LogP contribution in [0.2, 0.25) is 0 Å². The molecule has 0 N–H and O–H groups in total. The minimum absolute atomic E-state index is 0.292. The highest BCUT2D eigenvalue weighted by atomic mass is 79.9. The number of benzene rings is 1. The molecule has 1 nitrogen and oxygen atoms in total. The molecule has 1 atom stereocenters. The largest absolute Gasteiger partial charge is 0.417 e. The van der Waals surface area contributed by atoms with Crippen molar-refractivity contribution in [2.75, 3.05) is 11.1 Å². The van der Waals surface area contributed by atoms with E-state index in [-0.39, 0.29) is 0 Å². The number of thioether (sulfide) groups is 1. The molecule has 21 heavy (non-hydrogen) atoms. The molecular weight excluding hydrogens is 363 g/mol. The lowest BCUT2D eigenvalue weighted by atomic mass is 10.0. The molecular formula is C15H13BrF3NS. The summed E-state index contributed by atoms with van der Waals surface area (Å²) in [5, 5.41) is 1.40. The molecule has 0 bridgehead atoms. The number of nitrogens with zero attached hydrogens (tertiary/aromatic N) is 1. The van der Waals surface area contributed by atoms with Gasteiger partial charge in [-0.1, -0.05) is 46.3 Å². The van der Waals surface area contributed by atoms with Crippen LogP contribution in [0.1, 0.15) is 17.0 Å². The fourth-order valence-electron chi connectivity index (χ4n) is 1.77. The van der Waals surface area contributed by atoms with E-state index >= 15 is 0 Å². The van der Waals surface area contributed by atoms with Crippen LogP contribution in [0.4, 0.5) is 13.2 Å². The molecule has 0 spiro atoms. The molecule has 0 fully saturated rings. The number of hydrogen-bond acceptors (Lipinski definition) is 2. The van der Waals surface area contributed by atoms with E-state index in [1.54, 1.807) is 0 Å². The summed E-state index contributed by atoms with van der Waals surface area (Å²) in [7, 11) is 0. The van der Waals surface area contributed by atoms with Crippen molar-refractivity contribution in [3.05, 3.63) is 59.8 Å². The van der Waals surface area contributed by atoms with Crippen molar-refractivity contribution >= 4 is 27.7 Å². The average Bonchev–Trinajstić information content (AvgIpc) is 2.48. The topological polar surface area (TPSA) is 12.9 Å². The second kappa shape index (κ2) is 7.31. The summed E-state index contributed by atoms with van der Waals surface area (Å²) in [6.45, 7) is 0. The van der Waals surface area contributed by atoms with Crippen LogP contribution in [0.25, 0.3) is 0 Å². The Balaban J connectivity index is 1.99. The molecule has 2 rings (SSSR count). The number of rotatable bonds is 5. The first-order valence-electron chi connectivity index (χ1n) is 6.27. The van der Waals surface area contributed by atoms with Crippen molar-refractivity contribution < 1.29 is 13.2 Å². The van der Waals surface area contributed by atoms with Crippen LogP contribution in [0.5, 0.6) is 0 Å².